The van der Waals surface area contributed by atoms with E-state index in [0.717, 1.165) is 5.56 Å². The highest BCUT2D eigenvalue weighted by atomic mass is 16.4. The Morgan fingerprint density at radius 1 is 1.20 bits per heavy atom. The number of benzene rings is 1. The maximum absolute atomic E-state index is 11.7. The second-order valence-corrected chi connectivity index (χ2v) is 4.37. The van der Waals surface area contributed by atoms with Crippen molar-refractivity contribution in [1.82, 2.24) is 5.32 Å². The molecule has 0 saturated heterocycles. The third-order valence-corrected chi connectivity index (χ3v) is 2.66. The smallest absolute Gasteiger partial charge is 0.326 e. The molecule has 0 fully saturated rings. The third-order valence-electron chi connectivity index (χ3n) is 2.66. The van der Waals surface area contributed by atoms with Gasteiger partial charge < -0.3 is 21.9 Å². The molecule has 0 spiro atoms. The molecule has 0 saturated carbocycles. The van der Waals surface area contributed by atoms with Crippen LogP contribution in [0.4, 0.5) is 0 Å². The van der Waals surface area contributed by atoms with E-state index < -0.39 is 29.9 Å². The predicted octanol–water partition coefficient (Wildman–Crippen LogP) is -0.999. The maximum atomic E-state index is 11.7. The highest BCUT2D eigenvalue weighted by Crippen LogP contribution is 2.04. The molecule has 0 aliphatic carbocycles. The lowest BCUT2D eigenvalue weighted by Crippen LogP contribution is -2.50. The van der Waals surface area contributed by atoms with Crippen molar-refractivity contribution in [1.29, 1.82) is 0 Å². The van der Waals surface area contributed by atoms with Crippen molar-refractivity contribution in [2.45, 2.75) is 24.9 Å². The Bertz CT molecular complexity index is 490. The first-order chi connectivity index (χ1) is 9.40. The molecule has 1 rings (SSSR count). The maximum Gasteiger partial charge on any atom is 0.326 e. The lowest BCUT2D eigenvalue weighted by atomic mass is 10.1. The Morgan fingerprint density at radius 3 is 2.30 bits per heavy atom. The van der Waals surface area contributed by atoms with Gasteiger partial charge in [-0.15, -0.1) is 0 Å². The molecule has 0 aliphatic heterocycles. The second kappa shape index (κ2) is 7.25. The number of nitrogens with one attached hydrogen (secondary N) is 1. The summed E-state index contributed by atoms with van der Waals surface area (Å²) in [6.07, 6.45) is -0.200. The average molecular weight is 279 g/mol. The number of carboxylic acids is 1. The number of rotatable bonds is 7. The van der Waals surface area contributed by atoms with Crippen molar-refractivity contribution < 1.29 is 19.5 Å². The van der Waals surface area contributed by atoms with Crippen LogP contribution >= 0.6 is 0 Å². The fourth-order valence-corrected chi connectivity index (χ4v) is 1.64. The average Bonchev–Trinajstić information content (AvgIpc) is 2.38. The molecule has 7 heteroatoms. The standard InChI is InChI=1S/C13H17N3O4/c14-9(7-11(15)17)12(18)16-10(13(19)20)6-8-4-2-1-3-5-8/h1-5,9-10H,6-7,14H2,(H2,15,17)(H,16,18)(H,19,20)/t9?,10-/m1/s1. The first-order valence-corrected chi connectivity index (χ1v) is 6.01. The molecule has 1 unspecified atom stereocenters. The molecule has 6 N–H and O–H groups in total. The zero-order valence-corrected chi connectivity index (χ0v) is 10.8. The van der Waals surface area contributed by atoms with E-state index in [1.165, 1.54) is 0 Å². The van der Waals surface area contributed by atoms with Crippen molar-refractivity contribution >= 4 is 17.8 Å². The van der Waals surface area contributed by atoms with Crippen LogP contribution in [0, 0.1) is 0 Å². The number of nitrogens with two attached hydrogens (primary N) is 2. The van der Waals surface area contributed by atoms with Crippen LogP contribution in [0.5, 0.6) is 0 Å². The highest BCUT2D eigenvalue weighted by Gasteiger charge is 2.24. The van der Waals surface area contributed by atoms with Crippen LogP contribution in [-0.4, -0.2) is 35.0 Å². The molecule has 1 aromatic carbocycles. The van der Waals surface area contributed by atoms with Gasteiger partial charge in [0.1, 0.15) is 6.04 Å². The number of carbonyl (C=O) groups excluding carboxylic acids is 2. The van der Waals surface area contributed by atoms with Gasteiger partial charge >= 0.3 is 5.97 Å². The first-order valence-electron chi connectivity index (χ1n) is 6.01. The van der Waals surface area contributed by atoms with E-state index in [0.29, 0.717) is 0 Å². The lowest BCUT2D eigenvalue weighted by Gasteiger charge is -2.17. The van der Waals surface area contributed by atoms with Crippen LogP contribution in [0.3, 0.4) is 0 Å². The van der Waals surface area contributed by atoms with Gasteiger partial charge in [0, 0.05) is 6.42 Å². The molecule has 0 bridgehead atoms. The number of hydrogen-bond acceptors (Lipinski definition) is 4. The summed E-state index contributed by atoms with van der Waals surface area (Å²) in [4.78, 5) is 33.5. The van der Waals surface area contributed by atoms with Gasteiger partial charge in [-0.3, -0.25) is 9.59 Å². The Morgan fingerprint density at radius 2 is 1.80 bits per heavy atom. The SMILES string of the molecule is NC(=O)CC(N)C(=O)N[C@H](Cc1ccccc1)C(=O)O. The van der Waals surface area contributed by atoms with E-state index >= 15 is 0 Å². The van der Waals surface area contributed by atoms with Crippen LogP contribution in [0.1, 0.15) is 12.0 Å². The summed E-state index contributed by atoms with van der Waals surface area (Å²) < 4.78 is 0. The molecule has 7 nitrogen and oxygen atoms in total. The normalized spacial score (nSPS) is 13.2. The highest BCUT2D eigenvalue weighted by molar-refractivity contribution is 5.90. The summed E-state index contributed by atoms with van der Waals surface area (Å²) in [5.41, 5.74) is 11.2. The Hall–Kier alpha value is -2.41. The third kappa shape index (κ3) is 5.07. The summed E-state index contributed by atoms with van der Waals surface area (Å²) in [5.74, 6) is -2.61. The van der Waals surface area contributed by atoms with Gasteiger partial charge in [0.05, 0.1) is 12.5 Å². The van der Waals surface area contributed by atoms with Gasteiger partial charge in [-0.2, -0.15) is 0 Å². The van der Waals surface area contributed by atoms with Gasteiger partial charge in [0.2, 0.25) is 11.8 Å². The van der Waals surface area contributed by atoms with Crippen molar-refractivity contribution in [2.75, 3.05) is 0 Å². The summed E-state index contributed by atoms with van der Waals surface area (Å²) in [5, 5.41) is 11.4. The van der Waals surface area contributed by atoms with Crippen molar-refractivity contribution in [2.24, 2.45) is 11.5 Å². The molecule has 2 atom stereocenters. The zero-order chi connectivity index (χ0) is 15.1. The van der Waals surface area contributed by atoms with Gasteiger partial charge in [-0.1, -0.05) is 30.3 Å². The lowest BCUT2D eigenvalue weighted by molar-refractivity contribution is -0.142. The molecule has 2 amide bonds. The molecular formula is C13H17N3O4. The van der Waals surface area contributed by atoms with E-state index in [1.54, 1.807) is 30.3 Å². The van der Waals surface area contributed by atoms with Gasteiger partial charge in [0.15, 0.2) is 0 Å². The van der Waals surface area contributed by atoms with E-state index in [2.05, 4.69) is 5.32 Å². The molecule has 108 valence electrons. The number of hydrogen-bond donors (Lipinski definition) is 4. The van der Waals surface area contributed by atoms with Crippen LogP contribution in [0.15, 0.2) is 30.3 Å². The van der Waals surface area contributed by atoms with E-state index in [9.17, 15) is 14.4 Å². The quantitative estimate of drug-likeness (QED) is 0.507. The second-order valence-electron chi connectivity index (χ2n) is 4.37. The van der Waals surface area contributed by atoms with Gasteiger partial charge in [-0.05, 0) is 5.56 Å². The van der Waals surface area contributed by atoms with E-state index in [4.69, 9.17) is 16.6 Å². The Balaban J connectivity index is 2.66. The molecule has 1 aromatic rings. The van der Waals surface area contributed by atoms with Gasteiger partial charge in [-0.25, -0.2) is 4.79 Å². The fourth-order valence-electron chi connectivity index (χ4n) is 1.64. The van der Waals surface area contributed by atoms with Crippen molar-refractivity contribution in [3.8, 4) is 0 Å². The van der Waals surface area contributed by atoms with Crippen LogP contribution in [0.25, 0.3) is 0 Å². The van der Waals surface area contributed by atoms with Gasteiger partial charge in [0.25, 0.3) is 0 Å². The monoisotopic (exact) mass is 279 g/mol. The molecule has 0 aliphatic rings. The zero-order valence-electron chi connectivity index (χ0n) is 10.8. The molecule has 0 heterocycles. The fraction of sp³-hybridized carbons (Fsp3) is 0.308. The summed E-state index contributed by atoms with van der Waals surface area (Å²) in [6, 6.07) is 6.61. The van der Waals surface area contributed by atoms with Crippen LogP contribution < -0.4 is 16.8 Å². The molecular weight excluding hydrogens is 262 g/mol. The number of carboxylic acid groups (broad SMARTS) is 1. The predicted molar refractivity (Wildman–Crippen MR) is 71.5 cm³/mol. The van der Waals surface area contributed by atoms with Crippen LogP contribution in [-0.2, 0) is 20.8 Å². The summed E-state index contributed by atoms with van der Waals surface area (Å²) >= 11 is 0. The number of carbonyl (C=O) groups is 3. The van der Waals surface area contributed by atoms with Crippen molar-refractivity contribution in [3.05, 3.63) is 35.9 Å². The number of primary amides is 1. The minimum absolute atomic E-state index is 0.130. The van der Waals surface area contributed by atoms with E-state index in [1.807, 2.05) is 0 Å². The minimum atomic E-state index is -1.17. The molecule has 0 aromatic heterocycles. The largest absolute Gasteiger partial charge is 0.480 e. The van der Waals surface area contributed by atoms with Crippen molar-refractivity contribution in [3.63, 3.8) is 0 Å². The first kappa shape index (κ1) is 15.6. The number of amides is 2. The summed E-state index contributed by atoms with van der Waals surface area (Å²) in [6.45, 7) is 0. The Kier molecular flexibility index (Phi) is 5.67. The topological polar surface area (TPSA) is 136 Å². The van der Waals surface area contributed by atoms with E-state index in [-0.39, 0.29) is 12.8 Å². The molecule has 0 radical (unpaired) electrons. The molecule has 20 heavy (non-hydrogen) atoms. The Labute approximate surface area is 115 Å². The minimum Gasteiger partial charge on any atom is -0.480 e. The van der Waals surface area contributed by atoms with Crippen LogP contribution in [0.2, 0.25) is 0 Å². The number of aliphatic carboxylic acids is 1. The summed E-state index contributed by atoms with van der Waals surface area (Å²) in [7, 11) is 0.